The summed E-state index contributed by atoms with van der Waals surface area (Å²) in [5.41, 5.74) is 3.37. The Bertz CT molecular complexity index is 556. The Morgan fingerprint density at radius 3 is 3.00 bits per heavy atom. The topological polar surface area (TPSA) is 33.1 Å². The smallest absolute Gasteiger partial charge is 0.119 e. The fourth-order valence-corrected chi connectivity index (χ4v) is 3.24. The highest BCUT2D eigenvalue weighted by Crippen LogP contribution is 2.42. The predicted octanol–water partition coefficient (Wildman–Crippen LogP) is 4.09. The molecule has 0 bridgehead atoms. The molecule has 2 nitrogen and oxygen atoms in total. The van der Waals surface area contributed by atoms with Gasteiger partial charge in [-0.15, -0.1) is 0 Å². The zero-order valence-electron chi connectivity index (χ0n) is 11.2. The van der Waals surface area contributed by atoms with Gasteiger partial charge in [-0.2, -0.15) is 0 Å². The molecule has 0 amide bonds. The van der Waals surface area contributed by atoms with Gasteiger partial charge >= 0.3 is 0 Å². The minimum atomic E-state index is 0.424. The average Bonchev–Trinajstić information content (AvgIpc) is 2.46. The number of hydrogen-bond donors (Lipinski definition) is 1. The van der Waals surface area contributed by atoms with Crippen molar-refractivity contribution >= 4 is 5.71 Å². The van der Waals surface area contributed by atoms with Gasteiger partial charge in [0.05, 0.1) is 7.11 Å². The number of hydrogen-bond acceptors (Lipinski definition) is 2. The number of benzene rings is 1. The van der Waals surface area contributed by atoms with E-state index in [1.807, 2.05) is 6.07 Å². The molecule has 1 aromatic carbocycles. The standard InChI is InChI=1S/C17H19NO/c1-19-15-7-4-6-13(10-15)17-11-14(18)9-12-5-2-3-8-16(12)17/h2,4-7,9-10,16-18H,3,8,11H2,1H3. The normalized spacial score (nSPS) is 25.7. The van der Waals surface area contributed by atoms with Crippen LogP contribution in [0, 0.1) is 11.3 Å². The van der Waals surface area contributed by atoms with Crippen LogP contribution < -0.4 is 4.74 Å². The molecule has 98 valence electrons. The summed E-state index contributed by atoms with van der Waals surface area (Å²) in [5, 5.41) is 8.05. The molecule has 0 saturated heterocycles. The third kappa shape index (κ3) is 2.35. The van der Waals surface area contributed by atoms with Crippen LogP contribution in [0.1, 0.15) is 30.7 Å². The summed E-state index contributed by atoms with van der Waals surface area (Å²) in [7, 11) is 1.71. The van der Waals surface area contributed by atoms with E-state index in [1.165, 1.54) is 17.6 Å². The maximum absolute atomic E-state index is 8.05. The summed E-state index contributed by atoms with van der Waals surface area (Å²) in [6.07, 6.45) is 9.66. The Balaban J connectivity index is 1.97. The molecule has 0 saturated carbocycles. The Hall–Kier alpha value is -1.83. The molecular weight excluding hydrogens is 234 g/mol. The Morgan fingerprint density at radius 1 is 1.26 bits per heavy atom. The Labute approximate surface area is 114 Å². The number of allylic oxidation sites excluding steroid dienone is 4. The molecule has 2 aliphatic carbocycles. The van der Waals surface area contributed by atoms with Crippen LogP contribution in [0.25, 0.3) is 0 Å². The number of fused-ring (bicyclic) bond motifs is 1. The quantitative estimate of drug-likeness (QED) is 0.846. The SMILES string of the molecule is COc1cccc(C2CC(=N)C=C3C=CCCC32)c1. The molecule has 0 aromatic heterocycles. The van der Waals surface area contributed by atoms with Gasteiger partial charge in [0, 0.05) is 5.71 Å². The van der Waals surface area contributed by atoms with Crippen molar-refractivity contribution in [2.75, 3.05) is 7.11 Å². The van der Waals surface area contributed by atoms with Crippen molar-refractivity contribution in [2.24, 2.45) is 5.92 Å². The van der Waals surface area contributed by atoms with Crippen molar-refractivity contribution < 1.29 is 4.74 Å². The first-order valence-corrected chi connectivity index (χ1v) is 6.87. The van der Waals surface area contributed by atoms with Crippen molar-refractivity contribution in [1.82, 2.24) is 0 Å². The summed E-state index contributed by atoms with van der Waals surface area (Å²) < 4.78 is 5.33. The largest absolute Gasteiger partial charge is 0.497 e. The minimum Gasteiger partial charge on any atom is -0.497 e. The predicted molar refractivity (Wildman–Crippen MR) is 78.0 cm³/mol. The van der Waals surface area contributed by atoms with Crippen LogP contribution in [0.15, 0.2) is 48.1 Å². The zero-order valence-corrected chi connectivity index (χ0v) is 11.2. The molecule has 1 aromatic rings. The molecule has 2 heteroatoms. The second-order valence-corrected chi connectivity index (χ2v) is 5.34. The van der Waals surface area contributed by atoms with Crippen LogP contribution in [0.4, 0.5) is 0 Å². The molecular formula is C17H19NO. The molecule has 0 heterocycles. The molecule has 2 atom stereocenters. The van der Waals surface area contributed by atoms with Gasteiger partial charge in [-0.05, 0) is 60.4 Å². The summed E-state index contributed by atoms with van der Waals surface area (Å²) in [5.74, 6) is 1.89. The van der Waals surface area contributed by atoms with E-state index in [0.29, 0.717) is 11.8 Å². The third-order valence-corrected chi connectivity index (χ3v) is 4.17. The molecule has 0 fully saturated rings. The highest BCUT2D eigenvalue weighted by Gasteiger charge is 2.31. The maximum atomic E-state index is 8.05. The first-order valence-electron chi connectivity index (χ1n) is 6.87. The maximum Gasteiger partial charge on any atom is 0.119 e. The second kappa shape index (κ2) is 5.04. The van der Waals surface area contributed by atoms with E-state index in [9.17, 15) is 0 Å². The monoisotopic (exact) mass is 253 g/mol. The lowest BCUT2D eigenvalue weighted by atomic mass is 9.70. The minimum absolute atomic E-state index is 0.424. The van der Waals surface area contributed by atoms with E-state index in [-0.39, 0.29) is 0 Å². The lowest BCUT2D eigenvalue weighted by Gasteiger charge is -2.34. The summed E-state index contributed by atoms with van der Waals surface area (Å²) in [4.78, 5) is 0. The Kier molecular flexibility index (Phi) is 3.24. The second-order valence-electron chi connectivity index (χ2n) is 5.34. The highest BCUT2D eigenvalue weighted by molar-refractivity contribution is 5.95. The molecule has 0 spiro atoms. The van der Waals surface area contributed by atoms with Gasteiger partial charge in [-0.3, -0.25) is 0 Å². The van der Waals surface area contributed by atoms with Crippen LogP contribution in [0.5, 0.6) is 5.75 Å². The van der Waals surface area contributed by atoms with E-state index >= 15 is 0 Å². The number of nitrogens with one attached hydrogen (secondary N) is 1. The molecule has 3 rings (SSSR count). The molecule has 0 radical (unpaired) electrons. The number of methoxy groups -OCH3 is 1. The summed E-state index contributed by atoms with van der Waals surface area (Å²) >= 11 is 0. The third-order valence-electron chi connectivity index (χ3n) is 4.17. The van der Waals surface area contributed by atoms with Gasteiger partial charge < -0.3 is 10.1 Å². The lowest BCUT2D eigenvalue weighted by molar-refractivity contribution is 0.410. The van der Waals surface area contributed by atoms with Crippen LogP contribution >= 0.6 is 0 Å². The van der Waals surface area contributed by atoms with Crippen molar-refractivity contribution in [3.05, 3.63) is 53.6 Å². The molecule has 2 aliphatic rings. The molecule has 0 aliphatic heterocycles. The van der Waals surface area contributed by atoms with Crippen molar-refractivity contribution in [2.45, 2.75) is 25.2 Å². The van der Waals surface area contributed by atoms with Gasteiger partial charge in [0.1, 0.15) is 5.75 Å². The molecule has 1 N–H and O–H groups in total. The molecule has 19 heavy (non-hydrogen) atoms. The van der Waals surface area contributed by atoms with Gasteiger partial charge in [0.25, 0.3) is 0 Å². The summed E-state index contributed by atoms with van der Waals surface area (Å²) in [6.45, 7) is 0. The van der Waals surface area contributed by atoms with E-state index < -0.39 is 0 Å². The summed E-state index contributed by atoms with van der Waals surface area (Å²) in [6, 6.07) is 8.32. The lowest BCUT2D eigenvalue weighted by Crippen LogP contribution is -2.24. The van der Waals surface area contributed by atoms with E-state index in [1.54, 1.807) is 7.11 Å². The fraction of sp³-hybridized carbons (Fsp3) is 0.353. The van der Waals surface area contributed by atoms with Crippen LogP contribution in [-0.2, 0) is 0 Å². The van der Waals surface area contributed by atoms with E-state index in [2.05, 4.69) is 36.4 Å². The van der Waals surface area contributed by atoms with Crippen LogP contribution in [-0.4, -0.2) is 12.8 Å². The van der Waals surface area contributed by atoms with Crippen molar-refractivity contribution in [1.29, 1.82) is 5.41 Å². The van der Waals surface area contributed by atoms with Gasteiger partial charge in [0.15, 0.2) is 0 Å². The first kappa shape index (κ1) is 12.2. The number of rotatable bonds is 2. The van der Waals surface area contributed by atoms with E-state index in [4.69, 9.17) is 10.1 Å². The average molecular weight is 253 g/mol. The van der Waals surface area contributed by atoms with Gasteiger partial charge in [-0.25, -0.2) is 0 Å². The van der Waals surface area contributed by atoms with Crippen molar-refractivity contribution in [3.8, 4) is 5.75 Å². The van der Waals surface area contributed by atoms with Crippen LogP contribution in [0.3, 0.4) is 0 Å². The van der Waals surface area contributed by atoms with Crippen LogP contribution in [0.2, 0.25) is 0 Å². The van der Waals surface area contributed by atoms with Crippen molar-refractivity contribution in [3.63, 3.8) is 0 Å². The van der Waals surface area contributed by atoms with Gasteiger partial charge in [-0.1, -0.05) is 24.3 Å². The molecule has 2 unspecified atom stereocenters. The van der Waals surface area contributed by atoms with E-state index in [0.717, 1.165) is 24.3 Å². The Morgan fingerprint density at radius 2 is 2.16 bits per heavy atom. The zero-order chi connectivity index (χ0) is 13.2. The van der Waals surface area contributed by atoms with Gasteiger partial charge in [0.2, 0.25) is 0 Å². The first-order chi connectivity index (χ1) is 9.28. The number of ether oxygens (including phenoxy) is 1. The highest BCUT2D eigenvalue weighted by atomic mass is 16.5. The fourth-order valence-electron chi connectivity index (χ4n) is 3.24.